The zero-order chi connectivity index (χ0) is 9.97. The number of rotatable bonds is 2. The molecule has 0 saturated carbocycles. The van der Waals surface area contributed by atoms with E-state index in [-0.39, 0.29) is 0 Å². The predicted molar refractivity (Wildman–Crippen MR) is 56.5 cm³/mol. The molecule has 0 N–H and O–H groups in total. The van der Waals surface area contributed by atoms with Crippen LogP contribution in [0.5, 0.6) is 0 Å². The minimum absolute atomic E-state index is 0.561. The number of hydrogen-bond donors (Lipinski definition) is 0. The topological polar surface area (TPSA) is 42.9 Å². The van der Waals surface area contributed by atoms with Crippen LogP contribution in [0.4, 0.5) is 0 Å². The van der Waals surface area contributed by atoms with Crippen LogP contribution in [-0.2, 0) is 10.8 Å². The van der Waals surface area contributed by atoms with Crippen LogP contribution >= 0.6 is 0 Å². The molecular formula is C10H10N2OS. The first-order valence-electron chi connectivity index (χ1n) is 4.41. The van der Waals surface area contributed by atoms with E-state index in [1.54, 1.807) is 6.20 Å². The highest BCUT2D eigenvalue weighted by atomic mass is 32.2. The maximum Gasteiger partial charge on any atom is 0.146 e. The molecule has 2 aromatic rings. The summed E-state index contributed by atoms with van der Waals surface area (Å²) >= 11 is 0. The maximum atomic E-state index is 11.5. The molecule has 0 spiro atoms. The van der Waals surface area contributed by atoms with Gasteiger partial charge in [0.15, 0.2) is 0 Å². The van der Waals surface area contributed by atoms with Crippen molar-refractivity contribution in [3.05, 3.63) is 30.5 Å². The van der Waals surface area contributed by atoms with E-state index in [2.05, 4.69) is 9.97 Å². The Morgan fingerprint density at radius 2 is 2.00 bits per heavy atom. The molecule has 0 fully saturated rings. The third-order valence-corrected chi connectivity index (χ3v) is 3.11. The van der Waals surface area contributed by atoms with Gasteiger partial charge in [-0.2, -0.15) is 0 Å². The van der Waals surface area contributed by atoms with Crippen LogP contribution < -0.4 is 0 Å². The molecule has 1 unspecified atom stereocenters. The molecule has 0 aliphatic heterocycles. The third kappa shape index (κ3) is 1.65. The SMILES string of the molecule is CCS(=O)c1cnc2ccccc2n1. The van der Waals surface area contributed by atoms with Crippen molar-refractivity contribution < 1.29 is 4.21 Å². The van der Waals surface area contributed by atoms with E-state index in [9.17, 15) is 4.21 Å². The fourth-order valence-corrected chi connectivity index (χ4v) is 1.86. The number of nitrogens with zero attached hydrogens (tertiary/aromatic N) is 2. The van der Waals surface area contributed by atoms with E-state index in [0.29, 0.717) is 10.8 Å². The summed E-state index contributed by atoms with van der Waals surface area (Å²) in [7, 11) is -1.02. The lowest BCUT2D eigenvalue weighted by molar-refractivity contribution is 0.681. The van der Waals surface area contributed by atoms with E-state index in [0.717, 1.165) is 11.0 Å². The van der Waals surface area contributed by atoms with Gasteiger partial charge in [0.05, 0.1) is 28.0 Å². The highest BCUT2D eigenvalue weighted by molar-refractivity contribution is 7.84. The summed E-state index contributed by atoms with van der Waals surface area (Å²) in [5.41, 5.74) is 1.64. The molecule has 0 amide bonds. The third-order valence-electron chi connectivity index (χ3n) is 1.92. The Labute approximate surface area is 84.7 Å². The molecule has 0 bridgehead atoms. The van der Waals surface area contributed by atoms with Crippen LogP contribution in [0.1, 0.15) is 6.92 Å². The molecule has 2 rings (SSSR count). The van der Waals surface area contributed by atoms with Crippen molar-refractivity contribution in [1.29, 1.82) is 0 Å². The van der Waals surface area contributed by atoms with E-state index in [1.165, 1.54) is 0 Å². The monoisotopic (exact) mass is 206 g/mol. The Hall–Kier alpha value is -1.29. The predicted octanol–water partition coefficient (Wildman–Crippen LogP) is 1.76. The summed E-state index contributed by atoms with van der Waals surface area (Å²) in [5, 5.41) is 0.561. The summed E-state index contributed by atoms with van der Waals surface area (Å²) in [6.07, 6.45) is 1.59. The second-order valence-electron chi connectivity index (χ2n) is 2.83. The lowest BCUT2D eigenvalue weighted by atomic mass is 10.3. The van der Waals surface area contributed by atoms with Gasteiger partial charge in [0, 0.05) is 5.75 Å². The number of para-hydroxylation sites is 2. The Kier molecular flexibility index (Phi) is 2.54. The zero-order valence-corrected chi connectivity index (χ0v) is 8.62. The molecule has 0 saturated heterocycles. The van der Waals surface area contributed by atoms with Gasteiger partial charge >= 0.3 is 0 Å². The number of aromatic nitrogens is 2. The number of fused-ring (bicyclic) bond motifs is 1. The van der Waals surface area contributed by atoms with Crippen molar-refractivity contribution in [3.8, 4) is 0 Å². The van der Waals surface area contributed by atoms with Gasteiger partial charge in [0.25, 0.3) is 0 Å². The smallest absolute Gasteiger partial charge is 0.146 e. The average molecular weight is 206 g/mol. The van der Waals surface area contributed by atoms with Crippen molar-refractivity contribution in [2.75, 3.05) is 5.75 Å². The first-order chi connectivity index (χ1) is 6.81. The molecule has 1 aromatic carbocycles. The fourth-order valence-electron chi connectivity index (χ4n) is 1.20. The molecule has 0 aliphatic rings. The Bertz CT molecular complexity index is 484. The second-order valence-corrected chi connectivity index (χ2v) is 4.52. The van der Waals surface area contributed by atoms with Crippen LogP contribution in [0.2, 0.25) is 0 Å². The molecule has 0 radical (unpaired) electrons. The number of hydrogen-bond acceptors (Lipinski definition) is 3. The van der Waals surface area contributed by atoms with E-state index in [1.807, 2.05) is 31.2 Å². The summed E-state index contributed by atoms with van der Waals surface area (Å²) in [6.45, 7) is 1.87. The first kappa shape index (κ1) is 9.27. The van der Waals surface area contributed by atoms with Gasteiger partial charge < -0.3 is 0 Å². The van der Waals surface area contributed by atoms with Crippen LogP contribution in [0, 0.1) is 0 Å². The highest BCUT2D eigenvalue weighted by Gasteiger charge is 2.04. The van der Waals surface area contributed by atoms with Crippen molar-refractivity contribution in [2.45, 2.75) is 11.9 Å². The van der Waals surface area contributed by atoms with E-state index < -0.39 is 10.8 Å². The van der Waals surface area contributed by atoms with Crippen molar-refractivity contribution >= 4 is 21.8 Å². The molecule has 4 heteroatoms. The molecule has 72 valence electrons. The van der Waals surface area contributed by atoms with Gasteiger partial charge in [-0.1, -0.05) is 19.1 Å². The van der Waals surface area contributed by atoms with Gasteiger partial charge in [-0.15, -0.1) is 0 Å². The van der Waals surface area contributed by atoms with Crippen LogP contribution in [-0.4, -0.2) is 19.9 Å². The van der Waals surface area contributed by atoms with Crippen molar-refractivity contribution in [1.82, 2.24) is 9.97 Å². The molecule has 1 heterocycles. The van der Waals surface area contributed by atoms with E-state index >= 15 is 0 Å². The van der Waals surface area contributed by atoms with Crippen LogP contribution in [0.25, 0.3) is 11.0 Å². The maximum absolute atomic E-state index is 11.5. The lowest BCUT2D eigenvalue weighted by Crippen LogP contribution is -1.98. The van der Waals surface area contributed by atoms with Crippen molar-refractivity contribution in [3.63, 3.8) is 0 Å². The summed E-state index contributed by atoms with van der Waals surface area (Å²) in [6, 6.07) is 7.57. The van der Waals surface area contributed by atoms with Gasteiger partial charge in [-0.3, -0.25) is 9.19 Å². The minimum Gasteiger partial charge on any atom is -0.253 e. The number of benzene rings is 1. The quantitative estimate of drug-likeness (QED) is 0.752. The molecular weight excluding hydrogens is 196 g/mol. The molecule has 14 heavy (non-hydrogen) atoms. The van der Waals surface area contributed by atoms with Crippen LogP contribution in [0.3, 0.4) is 0 Å². The van der Waals surface area contributed by atoms with Gasteiger partial charge in [0.2, 0.25) is 0 Å². The first-order valence-corrected chi connectivity index (χ1v) is 5.73. The minimum atomic E-state index is -1.02. The van der Waals surface area contributed by atoms with Crippen LogP contribution in [0.15, 0.2) is 35.5 Å². The second kappa shape index (κ2) is 3.84. The summed E-state index contributed by atoms with van der Waals surface area (Å²) < 4.78 is 11.5. The van der Waals surface area contributed by atoms with Gasteiger partial charge in [0.1, 0.15) is 5.03 Å². The highest BCUT2D eigenvalue weighted by Crippen LogP contribution is 2.10. The van der Waals surface area contributed by atoms with Crippen molar-refractivity contribution in [2.24, 2.45) is 0 Å². The van der Waals surface area contributed by atoms with E-state index in [4.69, 9.17) is 0 Å². The zero-order valence-electron chi connectivity index (χ0n) is 7.80. The lowest BCUT2D eigenvalue weighted by Gasteiger charge is -1.99. The molecule has 1 atom stereocenters. The Balaban J connectivity index is 2.56. The van der Waals surface area contributed by atoms with Gasteiger partial charge in [-0.05, 0) is 12.1 Å². The Morgan fingerprint density at radius 3 is 2.71 bits per heavy atom. The standard InChI is InChI=1S/C10H10N2OS/c1-2-14(13)10-7-11-8-5-3-4-6-9(8)12-10/h3-7H,2H2,1H3. The molecule has 1 aromatic heterocycles. The largest absolute Gasteiger partial charge is 0.253 e. The normalized spacial score (nSPS) is 12.9. The fraction of sp³-hybridized carbons (Fsp3) is 0.200. The summed E-state index contributed by atoms with van der Waals surface area (Å²) in [4.78, 5) is 8.48. The Morgan fingerprint density at radius 1 is 1.29 bits per heavy atom. The molecule has 3 nitrogen and oxygen atoms in total. The summed E-state index contributed by atoms with van der Waals surface area (Å²) in [5.74, 6) is 0.576. The molecule has 0 aliphatic carbocycles. The van der Waals surface area contributed by atoms with Gasteiger partial charge in [-0.25, -0.2) is 4.98 Å². The average Bonchev–Trinajstić information content (AvgIpc) is 2.27.